The molecular formula is C17H19ClN2O5. The second kappa shape index (κ2) is 7.58. The molecule has 2 rings (SSSR count). The number of aryl methyl sites for hydroxylation is 2. The monoisotopic (exact) mass is 366 g/mol. The molecule has 0 bridgehead atoms. The Balaban J connectivity index is 2.27. The number of halogens is 1. The molecule has 8 heteroatoms. The molecule has 1 aromatic carbocycles. The molecule has 1 amide bonds. The van der Waals surface area contributed by atoms with Gasteiger partial charge in [0, 0.05) is 28.9 Å². The number of amides is 1. The maximum Gasteiger partial charge on any atom is 0.253 e. The van der Waals surface area contributed by atoms with Gasteiger partial charge >= 0.3 is 0 Å². The van der Waals surface area contributed by atoms with E-state index < -0.39 is 5.91 Å². The zero-order valence-electron chi connectivity index (χ0n) is 14.3. The SMILES string of the molecule is COOc1c(Cl)cc(C(=O)NCc2c(C)cc(C)[nH]c2=O)c(C)c1O. The first-order valence-corrected chi connectivity index (χ1v) is 7.84. The Kier molecular flexibility index (Phi) is 5.71. The summed E-state index contributed by atoms with van der Waals surface area (Å²) < 4.78 is 0. The average Bonchev–Trinajstić information content (AvgIpc) is 2.53. The van der Waals surface area contributed by atoms with Crippen molar-refractivity contribution in [1.29, 1.82) is 0 Å². The maximum atomic E-state index is 12.4. The van der Waals surface area contributed by atoms with E-state index in [0.717, 1.165) is 11.3 Å². The van der Waals surface area contributed by atoms with E-state index in [-0.39, 0.29) is 39.8 Å². The van der Waals surface area contributed by atoms with E-state index in [1.807, 2.05) is 6.07 Å². The van der Waals surface area contributed by atoms with E-state index in [0.29, 0.717) is 5.56 Å². The summed E-state index contributed by atoms with van der Waals surface area (Å²) in [5, 5.41) is 12.8. The van der Waals surface area contributed by atoms with Gasteiger partial charge in [0.2, 0.25) is 5.75 Å². The minimum absolute atomic E-state index is 0.0273. The molecule has 0 aliphatic carbocycles. The first-order valence-electron chi connectivity index (χ1n) is 7.46. The number of nitrogens with one attached hydrogen (secondary N) is 2. The summed E-state index contributed by atoms with van der Waals surface area (Å²) in [5.74, 6) is -0.828. The van der Waals surface area contributed by atoms with Crippen molar-refractivity contribution in [2.45, 2.75) is 27.3 Å². The Morgan fingerprint density at radius 3 is 2.60 bits per heavy atom. The molecule has 0 saturated heterocycles. The Bertz CT molecular complexity index is 876. The summed E-state index contributed by atoms with van der Waals surface area (Å²) in [4.78, 5) is 36.4. The summed E-state index contributed by atoms with van der Waals surface area (Å²) in [7, 11) is 1.27. The molecule has 2 aromatic rings. The van der Waals surface area contributed by atoms with Crippen molar-refractivity contribution >= 4 is 17.5 Å². The van der Waals surface area contributed by atoms with Crippen LogP contribution in [0.2, 0.25) is 5.02 Å². The molecule has 1 heterocycles. The molecule has 0 atom stereocenters. The lowest BCUT2D eigenvalue weighted by molar-refractivity contribution is -0.179. The number of pyridine rings is 1. The second-order valence-electron chi connectivity index (χ2n) is 5.58. The molecule has 0 radical (unpaired) electrons. The van der Waals surface area contributed by atoms with E-state index in [1.165, 1.54) is 13.2 Å². The van der Waals surface area contributed by atoms with Crippen LogP contribution in [0, 0.1) is 20.8 Å². The highest BCUT2D eigenvalue weighted by Gasteiger charge is 2.20. The number of phenols is 1. The quantitative estimate of drug-likeness (QED) is 0.557. The highest BCUT2D eigenvalue weighted by molar-refractivity contribution is 6.32. The second-order valence-corrected chi connectivity index (χ2v) is 5.99. The predicted octanol–water partition coefficient (Wildman–Crippen LogP) is 2.53. The van der Waals surface area contributed by atoms with Crippen LogP contribution < -0.4 is 15.8 Å². The van der Waals surface area contributed by atoms with Gasteiger partial charge in [0.25, 0.3) is 11.5 Å². The number of aromatic nitrogens is 1. The fourth-order valence-electron chi connectivity index (χ4n) is 2.48. The molecule has 0 fully saturated rings. The lowest BCUT2D eigenvalue weighted by atomic mass is 10.1. The van der Waals surface area contributed by atoms with Gasteiger partial charge in [-0.25, -0.2) is 0 Å². The third-order valence-electron chi connectivity index (χ3n) is 3.79. The van der Waals surface area contributed by atoms with Crippen LogP contribution in [0.25, 0.3) is 0 Å². The minimum atomic E-state index is -0.474. The van der Waals surface area contributed by atoms with Crippen LogP contribution in [-0.4, -0.2) is 23.1 Å². The average molecular weight is 367 g/mol. The Morgan fingerprint density at radius 1 is 1.32 bits per heavy atom. The van der Waals surface area contributed by atoms with Crippen molar-refractivity contribution in [2.75, 3.05) is 7.11 Å². The summed E-state index contributed by atoms with van der Waals surface area (Å²) in [5.41, 5.74) is 2.20. The lowest BCUT2D eigenvalue weighted by Gasteiger charge is -2.13. The molecule has 0 unspecified atom stereocenters. The standard InChI is InChI=1S/C17H19ClN2O5/c1-8-5-9(2)20-17(23)12(8)7-19-16(22)11-6-13(18)15(25-24-4)14(21)10(11)3/h5-6,21H,7H2,1-4H3,(H,19,22)(H,20,23). The van der Waals surface area contributed by atoms with Crippen molar-refractivity contribution in [2.24, 2.45) is 0 Å². The number of benzene rings is 1. The molecule has 134 valence electrons. The maximum absolute atomic E-state index is 12.4. The van der Waals surface area contributed by atoms with Gasteiger partial charge in [-0.2, -0.15) is 4.89 Å². The zero-order chi connectivity index (χ0) is 18.7. The van der Waals surface area contributed by atoms with Crippen LogP contribution in [0.15, 0.2) is 16.9 Å². The Hall–Kier alpha value is -2.51. The van der Waals surface area contributed by atoms with Gasteiger partial charge in [-0.1, -0.05) is 11.6 Å². The molecule has 3 N–H and O–H groups in total. The number of carbonyl (C=O) groups is 1. The molecule has 0 aliphatic heterocycles. The van der Waals surface area contributed by atoms with Gasteiger partial charge in [0.1, 0.15) is 0 Å². The third kappa shape index (κ3) is 3.94. The Morgan fingerprint density at radius 2 is 2.00 bits per heavy atom. The van der Waals surface area contributed by atoms with Crippen molar-refractivity contribution in [3.05, 3.63) is 55.5 Å². The normalized spacial score (nSPS) is 10.6. The van der Waals surface area contributed by atoms with Crippen LogP contribution in [-0.2, 0) is 11.4 Å². The van der Waals surface area contributed by atoms with Gasteiger partial charge in [-0.3, -0.25) is 9.59 Å². The Labute approximate surface area is 149 Å². The van der Waals surface area contributed by atoms with E-state index in [2.05, 4.69) is 15.2 Å². The van der Waals surface area contributed by atoms with Crippen LogP contribution >= 0.6 is 11.6 Å². The molecule has 7 nitrogen and oxygen atoms in total. The number of phenolic OH excluding ortho intramolecular Hbond substituents is 1. The summed E-state index contributed by atoms with van der Waals surface area (Å²) in [6.07, 6.45) is 0. The van der Waals surface area contributed by atoms with Crippen molar-refractivity contribution in [1.82, 2.24) is 10.3 Å². The smallest absolute Gasteiger partial charge is 0.253 e. The largest absolute Gasteiger partial charge is 0.504 e. The van der Waals surface area contributed by atoms with Crippen LogP contribution in [0.4, 0.5) is 0 Å². The summed E-state index contributed by atoms with van der Waals surface area (Å²) in [6.45, 7) is 5.19. The number of H-pyrrole nitrogens is 1. The van der Waals surface area contributed by atoms with Gasteiger partial charge in [-0.15, -0.1) is 0 Å². The highest BCUT2D eigenvalue weighted by Crippen LogP contribution is 2.39. The minimum Gasteiger partial charge on any atom is -0.504 e. The molecule has 0 spiro atoms. The van der Waals surface area contributed by atoms with Gasteiger partial charge < -0.3 is 20.3 Å². The fourth-order valence-corrected chi connectivity index (χ4v) is 2.71. The van der Waals surface area contributed by atoms with Crippen molar-refractivity contribution < 1.29 is 19.7 Å². The van der Waals surface area contributed by atoms with Crippen molar-refractivity contribution in [3.63, 3.8) is 0 Å². The lowest BCUT2D eigenvalue weighted by Crippen LogP contribution is -2.28. The molecule has 1 aromatic heterocycles. The van der Waals surface area contributed by atoms with E-state index in [4.69, 9.17) is 16.5 Å². The number of aromatic hydroxyl groups is 1. The molecular weight excluding hydrogens is 348 g/mol. The molecule has 0 saturated carbocycles. The van der Waals surface area contributed by atoms with E-state index in [1.54, 1.807) is 20.8 Å². The number of carbonyl (C=O) groups excluding carboxylic acids is 1. The molecule has 0 aliphatic rings. The first-order chi connectivity index (χ1) is 11.8. The third-order valence-corrected chi connectivity index (χ3v) is 4.07. The predicted molar refractivity (Wildman–Crippen MR) is 93.2 cm³/mol. The fraction of sp³-hybridized carbons (Fsp3) is 0.294. The van der Waals surface area contributed by atoms with E-state index in [9.17, 15) is 14.7 Å². The van der Waals surface area contributed by atoms with Crippen LogP contribution in [0.5, 0.6) is 11.5 Å². The van der Waals surface area contributed by atoms with Gasteiger partial charge in [-0.05, 0) is 38.5 Å². The molecule has 25 heavy (non-hydrogen) atoms. The summed E-state index contributed by atoms with van der Waals surface area (Å²) >= 11 is 6.01. The highest BCUT2D eigenvalue weighted by atomic mass is 35.5. The van der Waals surface area contributed by atoms with Gasteiger partial charge in [0.15, 0.2) is 5.75 Å². The zero-order valence-corrected chi connectivity index (χ0v) is 15.1. The van der Waals surface area contributed by atoms with Gasteiger partial charge in [0.05, 0.1) is 12.1 Å². The van der Waals surface area contributed by atoms with E-state index >= 15 is 0 Å². The first kappa shape index (κ1) is 18.8. The topological polar surface area (TPSA) is 101 Å². The van der Waals surface area contributed by atoms with Crippen molar-refractivity contribution in [3.8, 4) is 11.5 Å². The number of hydrogen-bond donors (Lipinski definition) is 3. The number of rotatable bonds is 5. The van der Waals surface area contributed by atoms with Crippen LogP contribution in [0.1, 0.15) is 32.7 Å². The van der Waals surface area contributed by atoms with Crippen LogP contribution in [0.3, 0.4) is 0 Å². The number of aromatic amines is 1. The summed E-state index contributed by atoms with van der Waals surface area (Å²) in [6, 6.07) is 3.19. The number of hydrogen-bond acceptors (Lipinski definition) is 5.